The normalized spacial score (nSPS) is 11.4. The van der Waals surface area contributed by atoms with Crippen molar-refractivity contribution in [3.63, 3.8) is 0 Å². The van der Waals surface area contributed by atoms with Gasteiger partial charge >= 0.3 is 0 Å². The second-order valence-electron chi connectivity index (χ2n) is 14.0. The summed E-state index contributed by atoms with van der Waals surface area (Å²) >= 11 is 0. The van der Waals surface area contributed by atoms with Gasteiger partial charge in [0, 0.05) is 39.2 Å². The summed E-state index contributed by atoms with van der Waals surface area (Å²) in [6.07, 6.45) is 0. The highest BCUT2D eigenvalue weighted by molar-refractivity contribution is 5.88. The Bertz CT molecular complexity index is 2850. The maximum Gasteiger partial charge on any atom is 0.164 e. The van der Waals surface area contributed by atoms with E-state index < -0.39 is 0 Å². The van der Waals surface area contributed by atoms with Gasteiger partial charge in [-0.3, -0.25) is 9.13 Å². The lowest BCUT2D eigenvalue weighted by atomic mass is 10.0. The van der Waals surface area contributed by atoms with Crippen LogP contribution in [0.15, 0.2) is 176 Å². The van der Waals surface area contributed by atoms with E-state index in [4.69, 9.17) is 24.9 Å². The topological polar surface area (TPSA) is 74.3 Å². The van der Waals surface area contributed by atoms with Crippen LogP contribution >= 0.6 is 0 Å². The van der Waals surface area contributed by atoms with Gasteiger partial charge in [0.05, 0.1) is 22.1 Å². The number of benzene rings is 7. The van der Waals surface area contributed by atoms with Crippen LogP contribution in [0.25, 0.3) is 90.4 Å². The minimum atomic E-state index is 0.553. The highest BCUT2D eigenvalue weighted by Crippen LogP contribution is 2.37. The molecule has 10 aromatic rings. The van der Waals surface area contributed by atoms with Crippen molar-refractivity contribution < 1.29 is 0 Å². The Balaban J connectivity index is 1.29. The molecule has 0 aliphatic heterocycles. The predicted octanol–water partition coefficient (Wildman–Crippen LogP) is 11.5. The number of aryl methyl sites for hydroxylation is 2. The number of nitrogens with zero attached hydrogens (tertiary/aromatic N) is 7. The van der Waals surface area contributed by atoms with Gasteiger partial charge in [-0.2, -0.15) is 0 Å². The second kappa shape index (κ2) is 13.7. The van der Waals surface area contributed by atoms with Crippen molar-refractivity contribution in [2.75, 3.05) is 0 Å². The number of rotatable bonds is 7. The van der Waals surface area contributed by atoms with E-state index in [2.05, 4.69) is 126 Å². The molecule has 0 fully saturated rings. The molecule has 3 aromatic heterocycles. The molecule has 0 spiro atoms. The number of hydrogen-bond donors (Lipinski definition) is 0. The monoisotopic (exact) mass is 721 g/mol. The summed E-state index contributed by atoms with van der Waals surface area (Å²) in [6.45, 7) is 4.23. The van der Waals surface area contributed by atoms with Gasteiger partial charge in [-0.15, -0.1) is 0 Å². The third-order valence-corrected chi connectivity index (χ3v) is 10.0. The van der Waals surface area contributed by atoms with Crippen LogP contribution in [0.5, 0.6) is 0 Å². The molecule has 266 valence electrons. The highest BCUT2D eigenvalue weighted by Gasteiger charge is 2.22. The highest BCUT2D eigenvalue weighted by atomic mass is 15.1. The molecule has 0 bridgehead atoms. The number of aromatic nitrogens is 7. The quantitative estimate of drug-likeness (QED) is 0.164. The first-order valence-corrected chi connectivity index (χ1v) is 18.7. The molecule has 0 aliphatic carbocycles. The fourth-order valence-corrected chi connectivity index (χ4v) is 7.45. The summed E-state index contributed by atoms with van der Waals surface area (Å²) in [5.41, 5.74) is 12.7. The molecular weight excluding hydrogens is 687 g/mol. The number of hydrogen-bond acceptors (Lipinski definition) is 5. The van der Waals surface area contributed by atoms with E-state index in [0.29, 0.717) is 17.5 Å². The molecule has 0 N–H and O–H groups in total. The van der Waals surface area contributed by atoms with Crippen LogP contribution in [0.1, 0.15) is 11.1 Å². The maximum atomic E-state index is 5.31. The lowest BCUT2D eigenvalue weighted by Crippen LogP contribution is -2.03. The third-order valence-electron chi connectivity index (χ3n) is 10.0. The van der Waals surface area contributed by atoms with Gasteiger partial charge in [0.2, 0.25) is 0 Å². The van der Waals surface area contributed by atoms with Crippen molar-refractivity contribution in [1.29, 1.82) is 0 Å². The predicted molar refractivity (Wildman–Crippen MR) is 226 cm³/mol. The Morgan fingerprint density at radius 3 is 1.16 bits per heavy atom. The number of imidazole rings is 2. The molecule has 0 atom stereocenters. The minimum absolute atomic E-state index is 0.553. The van der Waals surface area contributed by atoms with E-state index in [-0.39, 0.29) is 0 Å². The first kappa shape index (κ1) is 33.1. The van der Waals surface area contributed by atoms with Crippen molar-refractivity contribution in [1.82, 2.24) is 34.1 Å². The molecule has 0 aliphatic rings. The summed E-state index contributed by atoms with van der Waals surface area (Å²) in [5.74, 6) is 3.36. The van der Waals surface area contributed by atoms with Gasteiger partial charge in [0.25, 0.3) is 0 Å². The van der Waals surface area contributed by atoms with Gasteiger partial charge in [0.15, 0.2) is 17.5 Å². The van der Waals surface area contributed by atoms with Crippen molar-refractivity contribution in [3.05, 3.63) is 187 Å². The fraction of sp³-hybridized carbons (Fsp3) is 0.0408. The van der Waals surface area contributed by atoms with Crippen molar-refractivity contribution in [2.45, 2.75) is 13.8 Å². The van der Waals surface area contributed by atoms with E-state index in [1.165, 1.54) is 11.1 Å². The van der Waals surface area contributed by atoms with Crippen LogP contribution in [-0.4, -0.2) is 34.1 Å². The van der Waals surface area contributed by atoms with E-state index in [1.807, 2.05) is 72.8 Å². The van der Waals surface area contributed by atoms with Crippen LogP contribution in [-0.2, 0) is 0 Å². The summed E-state index contributed by atoms with van der Waals surface area (Å²) in [6, 6.07) is 60.3. The molecule has 3 heterocycles. The van der Waals surface area contributed by atoms with Gasteiger partial charge in [-0.25, -0.2) is 24.9 Å². The van der Waals surface area contributed by atoms with Crippen LogP contribution < -0.4 is 0 Å². The van der Waals surface area contributed by atoms with Gasteiger partial charge < -0.3 is 0 Å². The molecule has 56 heavy (non-hydrogen) atoms. The molecular formula is C49H35N7. The zero-order valence-corrected chi connectivity index (χ0v) is 30.9. The van der Waals surface area contributed by atoms with E-state index in [9.17, 15) is 0 Å². The lowest BCUT2D eigenvalue weighted by molar-refractivity contribution is 1.07. The van der Waals surface area contributed by atoms with Crippen LogP contribution in [0.2, 0.25) is 0 Å². The molecule has 7 aromatic carbocycles. The zero-order valence-electron chi connectivity index (χ0n) is 30.9. The summed E-state index contributed by atoms with van der Waals surface area (Å²) in [5, 5.41) is 0. The van der Waals surface area contributed by atoms with Crippen molar-refractivity contribution in [3.8, 4) is 68.3 Å². The lowest BCUT2D eigenvalue weighted by Gasteiger charge is -2.15. The Kier molecular flexibility index (Phi) is 8.11. The van der Waals surface area contributed by atoms with Gasteiger partial charge in [-0.05, 0) is 91.7 Å². The second-order valence-corrected chi connectivity index (χ2v) is 14.0. The fourth-order valence-electron chi connectivity index (χ4n) is 7.45. The Hall–Kier alpha value is -7.51. The van der Waals surface area contributed by atoms with Crippen LogP contribution in [0.4, 0.5) is 0 Å². The molecule has 10 rings (SSSR count). The maximum absolute atomic E-state index is 5.31. The molecule has 0 unspecified atom stereocenters. The van der Waals surface area contributed by atoms with Gasteiger partial charge in [0.1, 0.15) is 11.6 Å². The largest absolute Gasteiger partial charge is 0.292 e. The Labute approximate surface area is 324 Å². The number of fused-ring (bicyclic) bond motifs is 2. The average molecular weight is 722 g/mol. The first-order valence-electron chi connectivity index (χ1n) is 18.7. The van der Waals surface area contributed by atoms with E-state index >= 15 is 0 Å². The number of para-hydroxylation sites is 4. The van der Waals surface area contributed by atoms with E-state index in [0.717, 1.165) is 72.9 Å². The summed E-state index contributed by atoms with van der Waals surface area (Å²) in [4.78, 5) is 25.9. The van der Waals surface area contributed by atoms with Crippen LogP contribution in [0, 0.1) is 13.8 Å². The van der Waals surface area contributed by atoms with Gasteiger partial charge in [-0.1, -0.05) is 109 Å². The Morgan fingerprint density at radius 1 is 0.321 bits per heavy atom. The summed E-state index contributed by atoms with van der Waals surface area (Å²) in [7, 11) is 0. The van der Waals surface area contributed by atoms with Crippen molar-refractivity contribution >= 4 is 22.1 Å². The average Bonchev–Trinajstić information content (AvgIpc) is 3.84. The first-order chi connectivity index (χ1) is 27.6. The molecule has 0 amide bonds. The minimum Gasteiger partial charge on any atom is -0.292 e. The molecule has 0 radical (unpaired) electrons. The molecule has 7 nitrogen and oxygen atoms in total. The third kappa shape index (κ3) is 6.01. The SMILES string of the molecule is Cc1cccc(-n2c(-c3cc(-c4nc(-c5ccccc5)nc(-c5ccccc5)n4)cc(-c4nc5ccccc5n4-c4cccc(C)c4)c3)nc3ccccc32)c1. The Morgan fingerprint density at radius 2 is 0.714 bits per heavy atom. The summed E-state index contributed by atoms with van der Waals surface area (Å²) < 4.78 is 4.49. The zero-order chi connectivity index (χ0) is 37.6. The molecule has 0 saturated carbocycles. The standard InChI is InChI=1S/C49H35N7/c1-32-15-13-21-39(27-32)55-43-25-11-9-23-41(43)50-48(55)37-29-36(47-53-45(34-17-5-3-6-18-34)52-46(54-47)35-19-7-4-8-20-35)30-38(31-37)49-51-42-24-10-12-26-44(42)56(49)40-22-14-16-33(2)28-40/h3-31H,1-2H3. The van der Waals surface area contributed by atoms with Crippen molar-refractivity contribution in [2.24, 2.45) is 0 Å². The van der Waals surface area contributed by atoms with E-state index in [1.54, 1.807) is 0 Å². The molecule has 7 heteroatoms. The molecule has 0 saturated heterocycles. The smallest absolute Gasteiger partial charge is 0.164 e. The van der Waals surface area contributed by atoms with Crippen LogP contribution in [0.3, 0.4) is 0 Å².